The van der Waals surface area contributed by atoms with Gasteiger partial charge in [0, 0.05) is 12.6 Å². The first-order chi connectivity index (χ1) is 6.36. The van der Waals surface area contributed by atoms with E-state index in [9.17, 15) is 4.39 Å². The average Bonchev–Trinajstić information content (AvgIpc) is 2.19. The van der Waals surface area contributed by atoms with Crippen molar-refractivity contribution in [1.82, 2.24) is 10.2 Å². The fourth-order valence-corrected chi connectivity index (χ4v) is 2.46. The zero-order chi connectivity index (χ0) is 9.10. The molecule has 2 fully saturated rings. The van der Waals surface area contributed by atoms with Crippen molar-refractivity contribution in [1.29, 1.82) is 0 Å². The van der Waals surface area contributed by atoms with Gasteiger partial charge < -0.3 is 5.32 Å². The highest BCUT2D eigenvalue weighted by molar-refractivity contribution is 4.82. The molecule has 2 heterocycles. The summed E-state index contributed by atoms with van der Waals surface area (Å²) in [5.74, 6) is 0. The van der Waals surface area contributed by atoms with Crippen LogP contribution in [0.1, 0.15) is 25.7 Å². The predicted molar refractivity (Wildman–Crippen MR) is 51.6 cm³/mol. The third kappa shape index (κ3) is 2.41. The molecule has 2 aliphatic rings. The van der Waals surface area contributed by atoms with Crippen LogP contribution in [0.3, 0.4) is 0 Å². The van der Waals surface area contributed by atoms with Gasteiger partial charge in [-0.1, -0.05) is 0 Å². The molecule has 0 aliphatic carbocycles. The number of alkyl halides is 1. The SMILES string of the molecule is F[C@H]1CCCN(C2CCNCC2)C1. The molecule has 0 saturated carbocycles. The summed E-state index contributed by atoms with van der Waals surface area (Å²) in [5.41, 5.74) is 0. The number of hydrogen-bond donors (Lipinski definition) is 1. The van der Waals surface area contributed by atoms with Crippen molar-refractivity contribution in [3.63, 3.8) is 0 Å². The maximum atomic E-state index is 13.1. The van der Waals surface area contributed by atoms with E-state index in [4.69, 9.17) is 0 Å². The fourth-order valence-electron chi connectivity index (χ4n) is 2.46. The number of halogens is 1. The van der Waals surface area contributed by atoms with Gasteiger partial charge in [0.1, 0.15) is 6.17 Å². The van der Waals surface area contributed by atoms with E-state index in [2.05, 4.69) is 10.2 Å². The normalized spacial score (nSPS) is 33.5. The lowest BCUT2D eigenvalue weighted by molar-refractivity contribution is 0.0834. The van der Waals surface area contributed by atoms with Crippen molar-refractivity contribution >= 4 is 0 Å². The van der Waals surface area contributed by atoms with Crippen molar-refractivity contribution in [3.05, 3.63) is 0 Å². The Morgan fingerprint density at radius 2 is 1.92 bits per heavy atom. The fraction of sp³-hybridized carbons (Fsp3) is 1.00. The molecule has 0 aromatic rings. The van der Waals surface area contributed by atoms with Gasteiger partial charge in [-0.15, -0.1) is 0 Å². The smallest absolute Gasteiger partial charge is 0.113 e. The van der Waals surface area contributed by atoms with Gasteiger partial charge in [0.05, 0.1) is 0 Å². The number of nitrogens with zero attached hydrogens (tertiary/aromatic N) is 1. The summed E-state index contributed by atoms with van der Waals surface area (Å²) in [7, 11) is 0. The largest absolute Gasteiger partial charge is 0.317 e. The first-order valence-corrected chi connectivity index (χ1v) is 5.45. The zero-order valence-electron chi connectivity index (χ0n) is 8.14. The number of nitrogens with one attached hydrogen (secondary N) is 1. The molecule has 2 aliphatic heterocycles. The Bertz CT molecular complexity index is 157. The predicted octanol–water partition coefficient (Wildman–Crippen LogP) is 1.17. The molecule has 0 amide bonds. The summed E-state index contributed by atoms with van der Waals surface area (Å²) in [6.45, 7) is 4.02. The molecule has 2 saturated heterocycles. The van der Waals surface area contributed by atoms with E-state index in [1.807, 2.05) is 0 Å². The molecule has 2 nitrogen and oxygen atoms in total. The summed E-state index contributed by atoms with van der Waals surface area (Å²) in [5, 5.41) is 3.34. The van der Waals surface area contributed by atoms with Crippen LogP contribution in [0.25, 0.3) is 0 Å². The molecule has 0 spiro atoms. The third-order valence-corrected chi connectivity index (χ3v) is 3.22. The molecule has 0 aromatic carbocycles. The number of likely N-dealkylation sites (tertiary alicyclic amines) is 1. The molecule has 1 N–H and O–H groups in total. The van der Waals surface area contributed by atoms with E-state index < -0.39 is 6.17 Å². The molecule has 3 heteroatoms. The lowest BCUT2D eigenvalue weighted by Crippen LogP contribution is -2.47. The minimum Gasteiger partial charge on any atom is -0.317 e. The van der Waals surface area contributed by atoms with E-state index in [0.717, 1.165) is 32.5 Å². The van der Waals surface area contributed by atoms with Gasteiger partial charge in [-0.3, -0.25) is 4.90 Å². The van der Waals surface area contributed by atoms with Crippen LogP contribution in [0, 0.1) is 0 Å². The highest BCUT2D eigenvalue weighted by Gasteiger charge is 2.26. The molecule has 0 bridgehead atoms. The Kier molecular flexibility index (Phi) is 3.17. The van der Waals surface area contributed by atoms with Gasteiger partial charge in [0.2, 0.25) is 0 Å². The third-order valence-electron chi connectivity index (χ3n) is 3.22. The van der Waals surface area contributed by atoms with Crippen LogP contribution < -0.4 is 5.32 Å². The minimum absolute atomic E-state index is 0.566. The van der Waals surface area contributed by atoms with Crippen LogP contribution in [-0.4, -0.2) is 43.3 Å². The first kappa shape index (κ1) is 9.41. The molecule has 0 radical (unpaired) electrons. The Hall–Kier alpha value is -0.150. The molecule has 1 atom stereocenters. The van der Waals surface area contributed by atoms with E-state index >= 15 is 0 Å². The lowest BCUT2D eigenvalue weighted by Gasteiger charge is -2.38. The topological polar surface area (TPSA) is 15.3 Å². The zero-order valence-corrected chi connectivity index (χ0v) is 8.14. The highest BCUT2D eigenvalue weighted by atomic mass is 19.1. The summed E-state index contributed by atoms with van der Waals surface area (Å²) in [4.78, 5) is 2.36. The molecular weight excluding hydrogens is 167 g/mol. The van der Waals surface area contributed by atoms with E-state index in [0.29, 0.717) is 12.6 Å². The van der Waals surface area contributed by atoms with Crippen LogP contribution in [0.15, 0.2) is 0 Å². The second kappa shape index (κ2) is 4.38. The summed E-state index contributed by atoms with van der Waals surface area (Å²) >= 11 is 0. The molecular formula is C10H19FN2. The van der Waals surface area contributed by atoms with Crippen molar-refractivity contribution in [2.45, 2.75) is 37.9 Å². The van der Waals surface area contributed by atoms with Crippen LogP contribution in [0.2, 0.25) is 0 Å². The highest BCUT2D eigenvalue weighted by Crippen LogP contribution is 2.19. The van der Waals surface area contributed by atoms with Gasteiger partial charge >= 0.3 is 0 Å². The number of hydrogen-bond acceptors (Lipinski definition) is 2. The van der Waals surface area contributed by atoms with Gasteiger partial charge in [-0.2, -0.15) is 0 Å². The van der Waals surface area contributed by atoms with E-state index in [-0.39, 0.29) is 0 Å². The van der Waals surface area contributed by atoms with Crippen LogP contribution in [0.4, 0.5) is 4.39 Å². The molecule has 2 rings (SSSR count). The Balaban J connectivity index is 1.83. The van der Waals surface area contributed by atoms with Gasteiger partial charge in [-0.25, -0.2) is 4.39 Å². The molecule has 0 unspecified atom stereocenters. The Morgan fingerprint density at radius 3 is 2.62 bits per heavy atom. The van der Waals surface area contributed by atoms with Crippen molar-refractivity contribution < 1.29 is 4.39 Å². The summed E-state index contributed by atoms with van der Waals surface area (Å²) in [6, 6.07) is 0.653. The number of piperidine rings is 2. The van der Waals surface area contributed by atoms with Crippen molar-refractivity contribution in [2.24, 2.45) is 0 Å². The van der Waals surface area contributed by atoms with E-state index in [1.165, 1.54) is 12.8 Å². The Labute approximate surface area is 79.5 Å². The maximum Gasteiger partial charge on any atom is 0.113 e. The summed E-state index contributed by atoms with van der Waals surface area (Å²) < 4.78 is 13.1. The lowest BCUT2D eigenvalue weighted by atomic mass is 10.0. The van der Waals surface area contributed by atoms with E-state index in [1.54, 1.807) is 0 Å². The van der Waals surface area contributed by atoms with Crippen LogP contribution in [-0.2, 0) is 0 Å². The quantitative estimate of drug-likeness (QED) is 0.661. The van der Waals surface area contributed by atoms with Crippen LogP contribution in [0.5, 0.6) is 0 Å². The van der Waals surface area contributed by atoms with Gasteiger partial charge in [0.15, 0.2) is 0 Å². The van der Waals surface area contributed by atoms with Crippen LogP contribution >= 0.6 is 0 Å². The summed E-state index contributed by atoms with van der Waals surface area (Å²) in [6.07, 6.45) is 3.66. The maximum absolute atomic E-state index is 13.1. The molecule has 76 valence electrons. The average molecular weight is 186 g/mol. The second-order valence-electron chi connectivity index (χ2n) is 4.22. The first-order valence-electron chi connectivity index (χ1n) is 5.45. The monoisotopic (exact) mass is 186 g/mol. The minimum atomic E-state index is -0.566. The van der Waals surface area contributed by atoms with Gasteiger partial charge in [-0.05, 0) is 45.3 Å². The molecule has 0 aromatic heterocycles. The number of rotatable bonds is 1. The standard InChI is InChI=1S/C10H19FN2/c11-9-2-1-7-13(8-9)10-3-5-12-6-4-10/h9-10,12H,1-8H2/t9-/m0/s1. The Morgan fingerprint density at radius 1 is 1.15 bits per heavy atom. The molecule has 13 heavy (non-hydrogen) atoms. The second-order valence-corrected chi connectivity index (χ2v) is 4.22. The van der Waals surface area contributed by atoms with Gasteiger partial charge in [0.25, 0.3) is 0 Å². The van der Waals surface area contributed by atoms with Crippen molar-refractivity contribution in [2.75, 3.05) is 26.2 Å². The van der Waals surface area contributed by atoms with Crippen molar-refractivity contribution in [3.8, 4) is 0 Å².